The minimum absolute atomic E-state index is 0.0759. The lowest BCUT2D eigenvalue weighted by Crippen LogP contribution is -2.17. The molecule has 1 aromatic rings. The Morgan fingerprint density at radius 3 is 2.48 bits per heavy atom. The molecule has 1 rings (SSSR count). The van der Waals surface area contributed by atoms with E-state index >= 15 is 0 Å². The third-order valence-electron chi connectivity index (χ3n) is 2.45. The van der Waals surface area contributed by atoms with E-state index in [9.17, 15) is 19.7 Å². The summed E-state index contributed by atoms with van der Waals surface area (Å²) in [4.78, 5) is 34.4. The quantitative estimate of drug-likeness (QED) is 0.112. The summed E-state index contributed by atoms with van der Waals surface area (Å²) in [6.07, 6.45) is 0.969. The molecule has 0 N–H and O–H groups in total. The van der Waals surface area contributed by atoms with Crippen molar-refractivity contribution in [3.63, 3.8) is 0 Å². The van der Waals surface area contributed by atoms with Crippen LogP contribution in [-0.2, 0) is 14.3 Å². The largest absolute Gasteiger partial charge is 0.500 e. The Labute approximate surface area is 121 Å². The molecule has 21 heavy (non-hydrogen) atoms. The summed E-state index contributed by atoms with van der Waals surface area (Å²) in [6, 6.07) is 5.38. The van der Waals surface area contributed by atoms with Gasteiger partial charge in [-0.25, -0.2) is 4.79 Å². The van der Waals surface area contributed by atoms with Gasteiger partial charge in [0, 0.05) is 6.07 Å². The zero-order valence-electron chi connectivity index (χ0n) is 11.7. The van der Waals surface area contributed by atoms with Crippen molar-refractivity contribution in [1.82, 2.24) is 0 Å². The Bertz CT molecular complexity index is 579. The number of carbonyl (C=O) groups excluding carboxylic acids is 2. The van der Waals surface area contributed by atoms with E-state index in [1.807, 2.05) is 0 Å². The highest BCUT2D eigenvalue weighted by atomic mass is 16.6. The first-order valence-electron chi connectivity index (χ1n) is 6.29. The van der Waals surface area contributed by atoms with Gasteiger partial charge in [0.2, 0.25) is 5.78 Å². The lowest BCUT2D eigenvalue weighted by atomic mass is 10.0. The van der Waals surface area contributed by atoms with Crippen LogP contribution in [-0.4, -0.2) is 29.9 Å². The van der Waals surface area contributed by atoms with E-state index in [-0.39, 0.29) is 30.0 Å². The number of rotatable bonds is 7. The fraction of sp³-hybridized carbons (Fsp3) is 0.286. The fourth-order valence-electron chi connectivity index (χ4n) is 1.54. The predicted octanol–water partition coefficient (Wildman–Crippen LogP) is 2.26. The average Bonchev–Trinajstić information content (AvgIpc) is 2.47. The Hall–Kier alpha value is -2.70. The molecule has 0 fully saturated rings. The molecule has 7 heteroatoms. The average molecular weight is 293 g/mol. The molecule has 0 atom stereocenters. The number of nitrogens with zero attached hydrogens (tertiary/aromatic N) is 1. The Kier molecular flexibility index (Phi) is 6.06. The van der Waals surface area contributed by atoms with Crippen LogP contribution in [0.25, 0.3) is 0 Å². The van der Waals surface area contributed by atoms with Gasteiger partial charge in [-0.1, -0.05) is 12.1 Å². The van der Waals surface area contributed by atoms with Gasteiger partial charge in [-0.05, 0) is 19.9 Å². The normalized spacial score (nSPS) is 10.9. The van der Waals surface area contributed by atoms with Crippen LogP contribution in [0.1, 0.15) is 24.2 Å². The molecule has 0 unspecified atom stereocenters. The van der Waals surface area contributed by atoms with E-state index in [1.54, 1.807) is 13.8 Å². The van der Waals surface area contributed by atoms with Gasteiger partial charge in [0.15, 0.2) is 0 Å². The second-order valence-corrected chi connectivity index (χ2v) is 3.81. The van der Waals surface area contributed by atoms with Gasteiger partial charge in [-0.3, -0.25) is 14.9 Å². The summed E-state index contributed by atoms with van der Waals surface area (Å²) in [7, 11) is 0. The number of esters is 1. The zero-order chi connectivity index (χ0) is 15.8. The summed E-state index contributed by atoms with van der Waals surface area (Å²) in [6.45, 7) is 3.58. The molecule has 0 aliphatic heterocycles. The molecular weight excluding hydrogens is 278 g/mol. The molecule has 0 aliphatic rings. The van der Waals surface area contributed by atoms with Crippen molar-refractivity contribution in [3.8, 4) is 0 Å². The van der Waals surface area contributed by atoms with Crippen LogP contribution in [0.15, 0.2) is 36.1 Å². The summed E-state index contributed by atoms with van der Waals surface area (Å²) in [5.74, 6) is -1.69. The number of carbonyl (C=O) groups is 2. The lowest BCUT2D eigenvalue weighted by Gasteiger charge is -2.07. The van der Waals surface area contributed by atoms with Crippen molar-refractivity contribution >= 4 is 17.4 Å². The third kappa shape index (κ3) is 4.13. The van der Waals surface area contributed by atoms with Gasteiger partial charge in [0.25, 0.3) is 5.69 Å². The van der Waals surface area contributed by atoms with Crippen molar-refractivity contribution < 1.29 is 24.0 Å². The number of ether oxygens (including phenoxy) is 2. The van der Waals surface area contributed by atoms with Gasteiger partial charge in [-0.2, -0.15) is 0 Å². The maximum atomic E-state index is 12.3. The highest BCUT2D eigenvalue weighted by Crippen LogP contribution is 2.21. The van der Waals surface area contributed by atoms with Crippen LogP contribution in [0.5, 0.6) is 0 Å². The lowest BCUT2D eigenvalue weighted by molar-refractivity contribution is -0.385. The molecule has 0 aromatic heterocycles. The number of nitro groups is 1. The SMILES string of the molecule is CCOC=C(C(=O)OCC)C(=O)c1ccccc1[N+](=O)[O-]. The van der Waals surface area contributed by atoms with Crippen LogP contribution in [0.4, 0.5) is 5.69 Å². The molecule has 0 saturated heterocycles. The molecule has 112 valence electrons. The van der Waals surface area contributed by atoms with Crippen LogP contribution >= 0.6 is 0 Å². The predicted molar refractivity (Wildman–Crippen MR) is 73.8 cm³/mol. The zero-order valence-corrected chi connectivity index (χ0v) is 11.7. The van der Waals surface area contributed by atoms with Crippen molar-refractivity contribution in [1.29, 1.82) is 0 Å². The number of hydrogen-bond acceptors (Lipinski definition) is 6. The third-order valence-corrected chi connectivity index (χ3v) is 2.45. The summed E-state index contributed by atoms with van der Waals surface area (Å²) in [5, 5.41) is 10.9. The molecule has 7 nitrogen and oxygen atoms in total. The Morgan fingerprint density at radius 2 is 1.90 bits per heavy atom. The van der Waals surface area contributed by atoms with E-state index in [4.69, 9.17) is 9.47 Å². The van der Waals surface area contributed by atoms with Crippen LogP contribution in [0.2, 0.25) is 0 Å². The molecule has 0 amide bonds. The number of hydrogen-bond donors (Lipinski definition) is 0. The number of ketones is 1. The smallest absolute Gasteiger partial charge is 0.345 e. The second-order valence-electron chi connectivity index (χ2n) is 3.81. The maximum absolute atomic E-state index is 12.3. The van der Waals surface area contributed by atoms with Gasteiger partial charge >= 0.3 is 5.97 Å². The second kappa shape index (κ2) is 7.78. The number of benzene rings is 1. The first kappa shape index (κ1) is 16.4. The van der Waals surface area contributed by atoms with E-state index in [1.165, 1.54) is 24.3 Å². The fourth-order valence-corrected chi connectivity index (χ4v) is 1.54. The van der Waals surface area contributed by atoms with E-state index in [2.05, 4.69) is 0 Å². The highest BCUT2D eigenvalue weighted by molar-refractivity contribution is 6.25. The topological polar surface area (TPSA) is 95.7 Å². The van der Waals surface area contributed by atoms with Gasteiger partial charge < -0.3 is 9.47 Å². The molecule has 0 saturated carbocycles. The molecule has 0 radical (unpaired) electrons. The number of para-hydroxylation sites is 1. The molecule has 0 aliphatic carbocycles. The molecule has 0 spiro atoms. The molecule has 0 bridgehead atoms. The Morgan fingerprint density at radius 1 is 1.24 bits per heavy atom. The van der Waals surface area contributed by atoms with Crippen LogP contribution < -0.4 is 0 Å². The first-order chi connectivity index (χ1) is 10.0. The van der Waals surface area contributed by atoms with E-state index < -0.39 is 16.7 Å². The number of nitro benzene ring substituents is 1. The van der Waals surface area contributed by atoms with Crippen LogP contribution in [0.3, 0.4) is 0 Å². The van der Waals surface area contributed by atoms with Gasteiger partial charge in [0.05, 0.1) is 18.1 Å². The molecular formula is C14H15NO6. The van der Waals surface area contributed by atoms with E-state index in [0.29, 0.717) is 0 Å². The van der Waals surface area contributed by atoms with Crippen LogP contribution in [0, 0.1) is 10.1 Å². The summed E-state index contributed by atoms with van der Waals surface area (Å²) >= 11 is 0. The van der Waals surface area contributed by atoms with Crippen molar-refractivity contribution in [2.75, 3.05) is 13.2 Å². The standard InChI is InChI=1S/C14H15NO6/c1-3-20-9-11(14(17)21-4-2)13(16)10-7-5-6-8-12(10)15(18)19/h5-9H,3-4H2,1-2H3. The van der Waals surface area contributed by atoms with Gasteiger partial charge in [0.1, 0.15) is 17.4 Å². The van der Waals surface area contributed by atoms with Crippen molar-refractivity contribution in [2.45, 2.75) is 13.8 Å². The van der Waals surface area contributed by atoms with Crippen molar-refractivity contribution in [3.05, 3.63) is 51.8 Å². The minimum Gasteiger partial charge on any atom is -0.500 e. The first-order valence-corrected chi connectivity index (χ1v) is 6.29. The monoisotopic (exact) mass is 293 g/mol. The van der Waals surface area contributed by atoms with Gasteiger partial charge in [-0.15, -0.1) is 0 Å². The summed E-state index contributed by atoms with van der Waals surface area (Å²) < 4.78 is 9.72. The number of Topliss-reactive ketones (excluding diaryl/α,β-unsaturated/α-hetero) is 1. The molecule has 1 aromatic carbocycles. The van der Waals surface area contributed by atoms with E-state index in [0.717, 1.165) is 6.26 Å². The van der Waals surface area contributed by atoms with Crippen molar-refractivity contribution in [2.24, 2.45) is 0 Å². The maximum Gasteiger partial charge on any atom is 0.345 e. The summed E-state index contributed by atoms with van der Waals surface area (Å²) in [5.41, 5.74) is -0.955. The minimum atomic E-state index is -0.880. The highest BCUT2D eigenvalue weighted by Gasteiger charge is 2.27. The molecule has 0 heterocycles. The Balaban J connectivity index is 3.23.